The summed E-state index contributed by atoms with van der Waals surface area (Å²) in [5.74, 6) is 0. The van der Waals surface area contributed by atoms with Crippen molar-refractivity contribution in [2.75, 3.05) is 6.61 Å². The Morgan fingerprint density at radius 2 is 2.38 bits per heavy atom. The molecule has 0 amide bonds. The van der Waals surface area contributed by atoms with Crippen LogP contribution in [0.25, 0.3) is 11.0 Å². The Morgan fingerprint density at radius 3 is 3.06 bits per heavy atom. The molecule has 0 N–H and O–H groups in total. The van der Waals surface area contributed by atoms with Crippen molar-refractivity contribution >= 4 is 16.7 Å². The van der Waals surface area contributed by atoms with Gasteiger partial charge in [-0.25, -0.2) is 4.99 Å². The van der Waals surface area contributed by atoms with Crippen LogP contribution in [0.2, 0.25) is 0 Å². The number of hydrogen-bond donors (Lipinski definition) is 0. The number of benzene rings is 1. The fraction of sp³-hybridized carbons (Fsp3) is 0.250. The maximum absolute atomic E-state index is 10.7. The average Bonchev–Trinajstić information content (AvgIpc) is 2.69. The minimum absolute atomic E-state index is 0.121. The fourth-order valence-corrected chi connectivity index (χ4v) is 1.21. The van der Waals surface area contributed by atoms with Crippen molar-refractivity contribution < 1.29 is 14.8 Å². The van der Waals surface area contributed by atoms with Crippen molar-refractivity contribution in [1.29, 1.82) is 0 Å². The molecule has 0 saturated carbocycles. The van der Waals surface area contributed by atoms with E-state index in [2.05, 4.69) is 15.2 Å². The predicted octanol–water partition coefficient (Wildman–Crippen LogP) is 0.720. The standard InChI is InChI=1S/C8H8N4O4/c1-2-15-16-11-6-4-3-5-7(12(13)14)8(6)9-10-11/h3-5H,2H2,1H3. The molecule has 0 fully saturated rings. The van der Waals surface area contributed by atoms with Gasteiger partial charge < -0.3 is 0 Å². The van der Waals surface area contributed by atoms with E-state index >= 15 is 0 Å². The van der Waals surface area contributed by atoms with Gasteiger partial charge in [0.1, 0.15) is 5.52 Å². The van der Waals surface area contributed by atoms with E-state index in [4.69, 9.17) is 4.99 Å². The van der Waals surface area contributed by atoms with Gasteiger partial charge in [-0.15, -0.1) is 5.10 Å². The average molecular weight is 224 g/mol. The largest absolute Gasteiger partial charge is 0.299 e. The lowest BCUT2D eigenvalue weighted by Crippen LogP contribution is -2.13. The van der Waals surface area contributed by atoms with Crippen LogP contribution in [0, 0.1) is 10.1 Å². The van der Waals surface area contributed by atoms with Crippen molar-refractivity contribution in [1.82, 2.24) is 15.2 Å². The summed E-state index contributed by atoms with van der Waals surface area (Å²) in [6, 6.07) is 4.47. The maximum Gasteiger partial charge on any atom is 0.299 e. The van der Waals surface area contributed by atoms with Crippen molar-refractivity contribution in [2.45, 2.75) is 6.92 Å². The van der Waals surface area contributed by atoms with Gasteiger partial charge in [0.05, 0.1) is 11.5 Å². The summed E-state index contributed by atoms with van der Waals surface area (Å²) >= 11 is 0. The van der Waals surface area contributed by atoms with Crippen molar-refractivity contribution in [3.63, 3.8) is 0 Å². The number of rotatable bonds is 4. The second-order valence-corrected chi connectivity index (χ2v) is 2.85. The summed E-state index contributed by atoms with van der Waals surface area (Å²) in [6.45, 7) is 2.07. The minimum atomic E-state index is -0.526. The highest BCUT2D eigenvalue weighted by molar-refractivity contribution is 5.83. The Morgan fingerprint density at radius 1 is 1.56 bits per heavy atom. The summed E-state index contributed by atoms with van der Waals surface area (Å²) < 4.78 is 0. The molecule has 0 bridgehead atoms. The van der Waals surface area contributed by atoms with E-state index in [1.807, 2.05) is 0 Å². The molecule has 1 heterocycles. The first-order valence-corrected chi connectivity index (χ1v) is 4.53. The van der Waals surface area contributed by atoms with E-state index in [0.717, 1.165) is 4.85 Å². The fourth-order valence-electron chi connectivity index (χ4n) is 1.21. The Bertz CT molecular complexity index is 524. The van der Waals surface area contributed by atoms with Crippen LogP contribution in [-0.4, -0.2) is 26.7 Å². The molecule has 8 heteroatoms. The number of nitro benzene ring substituents is 1. The van der Waals surface area contributed by atoms with Gasteiger partial charge in [-0.3, -0.25) is 10.1 Å². The zero-order chi connectivity index (χ0) is 11.5. The number of aromatic nitrogens is 3. The number of hydrogen-bond acceptors (Lipinski definition) is 6. The number of non-ortho nitro benzene ring substituents is 1. The van der Waals surface area contributed by atoms with E-state index < -0.39 is 4.92 Å². The zero-order valence-electron chi connectivity index (χ0n) is 8.36. The lowest BCUT2D eigenvalue weighted by atomic mass is 10.3. The van der Waals surface area contributed by atoms with Gasteiger partial charge >= 0.3 is 0 Å². The summed E-state index contributed by atoms with van der Waals surface area (Å²) in [6.07, 6.45) is 0. The Kier molecular flexibility index (Phi) is 2.64. The van der Waals surface area contributed by atoms with E-state index in [-0.39, 0.29) is 11.2 Å². The molecule has 0 radical (unpaired) electrons. The Balaban J connectivity index is 2.48. The highest BCUT2D eigenvalue weighted by Crippen LogP contribution is 2.21. The highest BCUT2D eigenvalue weighted by atomic mass is 17.3. The summed E-state index contributed by atoms with van der Waals surface area (Å²) in [4.78, 5) is 20.6. The molecular weight excluding hydrogens is 216 g/mol. The molecule has 0 unspecified atom stereocenters. The third-order valence-corrected chi connectivity index (χ3v) is 1.86. The van der Waals surface area contributed by atoms with Gasteiger partial charge in [0, 0.05) is 6.07 Å². The van der Waals surface area contributed by atoms with Crippen LogP contribution in [0.4, 0.5) is 5.69 Å². The molecule has 0 saturated heterocycles. The quantitative estimate of drug-likeness (QED) is 0.431. The minimum Gasteiger partial charge on any atom is -0.258 e. The molecule has 0 aliphatic heterocycles. The summed E-state index contributed by atoms with van der Waals surface area (Å²) in [5.41, 5.74) is 0.415. The molecule has 8 nitrogen and oxygen atoms in total. The molecule has 0 aliphatic rings. The van der Waals surface area contributed by atoms with Gasteiger partial charge in [-0.05, 0) is 23.0 Å². The van der Waals surface area contributed by atoms with Crippen LogP contribution in [0.3, 0.4) is 0 Å². The number of fused-ring (bicyclic) bond motifs is 1. The third-order valence-electron chi connectivity index (χ3n) is 1.86. The normalized spacial score (nSPS) is 10.6. The van der Waals surface area contributed by atoms with Gasteiger partial charge in [-0.1, -0.05) is 6.07 Å². The monoisotopic (exact) mass is 224 g/mol. The van der Waals surface area contributed by atoms with Crippen LogP contribution in [0.15, 0.2) is 18.2 Å². The summed E-state index contributed by atoms with van der Waals surface area (Å²) in [5, 5.41) is 17.9. The summed E-state index contributed by atoms with van der Waals surface area (Å²) in [7, 11) is 0. The number of nitro groups is 1. The Hall–Kier alpha value is -2.22. The van der Waals surface area contributed by atoms with Crippen LogP contribution in [-0.2, 0) is 4.89 Å². The van der Waals surface area contributed by atoms with Gasteiger partial charge in [0.25, 0.3) is 5.69 Å². The molecule has 84 valence electrons. The van der Waals surface area contributed by atoms with Gasteiger partial charge in [0.2, 0.25) is 0 Å². The van der Waals surface area contributed by atoms with Gasteiger partial charge in [-0.2, -0.15) is 4.89 Å². The third kappa shape index (κ3) is 1.65. The molecule has 1 aromatic carbocycles. The first kappa shape index (κ1) is 10.3. The molecular formula is C8H8N4O4. The number of nitrogens with zero attached hydrogens (tertiary/aromatic N) is 4. The van der Waals surface area contributed by atoms with E-state index in [9.17, 15) is 10.1 Å². The predicted molar refractivity (Wildman–Crippen MR) is 52.4 cm³/mol. The van der Waals surface area contributed by atoms with Crippen LogP contribution >= 0.6 is 0 Å². The first-order valence-electron chi connectivity index (χ1n) is 4.53. The topological polar surface area (TPSA) is 92.3 Å². The lowest BCUT2D eigenvalue weighted by molar-refractivity contribution is -0.383. The molecule has 0 spiro atoms. The van der Waals surface area contributed by atoms with E-state index in [0.29, 0.717) is 12.1 Å². The molecule has 1 aromatic heterocycles. The van der Waals surface area contributed by atoms with Crippen LogP contribution in [0.5, 0.6) is 0 Å². The zero-order valence-corrected chi connectivity index (χ0v) is 8.36. The molecule has 2 rings (SSSR count). The lowest BCUT2D eigenvalue weighted by Gasteiger charge is -2.00. The van der Waals surface area contributed by atoms with E-state index in [1.54, 1.807) is 13.0 Å². The van der Waals surface area contributed by atoms with Crippen molar-refractivity contribution in [3.05, 3.63) is 28.3 Å². The first-order chi connectivity index (χ1) is 7.74. The van der Waals surface area contributed by atoms with Crippen LogP contribution < -0.4 is 4.99 Å². The molecule has 2 aromatic rings. The van der Waals surface area contributed by atoms with Crippen molar-refractivity contribution in [2.24, 2.45) is 0 Å². The second-order valence-electron chi connectivity index (χ2n) is 2.85. The van der Waals surface area contributed by atoms with E-state index in [1.165, 1.54) is 12.1 Å². The SMILES string of the molecule is CCOOn1nnc2c([N+](=O)[O-])cccc21. The smallest absolute Gasteiger partial charge is 0.258 e. The molecule has 16 heavy (non-hydrogen) atoms. The maximum atomic E-state index is 10.7. The Labute approximate surface area is 89.4 Å². The molecule has 0 atom stereocenters. The van der Waals surface area contributed by atoms with Gasteiger partial charge in [0.15, 0.2) is 5.52 Å². The molecule has 0 aliphatic carbocycles. The highest BCUT2D eigenvalue weighted by Gasteiger charge is 2.17. The van der Waals surface area contributed by atoms with Crippen LogP contribution in [0.1, 0.15) is 6.92 Å². The van der Waals surface area contributed by atoms with Crippen molar-refractivity contribution in [3.8, 4) is 0 Å². The second kappa shape index (κ2) is 4.11.